The van der Waals surface area contributed by atoms with Crippen LogP contribution in [-0.2, 0) is 9.47 Å². The minimum Gasteiger partial charge on any atom is -0.381 e. The highest BCUT2D eigenvalue weighted by Gasteiger charge is 2.40. The zero-order chi connectivity index (χ0) is 8.44. The average Bonchev–Trinajstić information content (AvgIpc) is 2.50. The highest BCUT2D eigenvalue weighted by Crippen LogP contribution is 2.38. The highest BCUT2D eigenvalue weighted by molar-refractivity contribution is 9.09. The predicted molar refractivity (Wildman–Crippen MR) is 50.7 cm³/mol. The Labute approximate surface area is 81.7 Å². The monoisotopic (exact) mass is 234 g/mol. The zero-order valence-electron chi connectivity index (χ0n) is 7.22. The molecule has 2 fully saturated rings. The van der Waals surface area contributed by atoms with Crippen molar-refractivity contribution in [3.63, 3.8) is 0 Å². The molecular formula is C9H15BrO2. The maximum Gasteiger partial charge on any atom is 0.0731 e. The number of alkyl halides is 1. The van der Waals surface area contributed by atoms with Crippen LogP contribution in [0, 0.1) is 0 Å². The molecule has 2 nitrogen and oxygen atoms in total. The van der Waals surface area contributed by atoms with E-state index in [1.807, 2.05) is 0 Å². The first-order valence-corrected chi connectivity index (χ1v) is 5.78. The van der Waals surface area contributed by atoms with Gasteiger partial charge in [-0.1, -0.05) is 15.9 Å². The summed E-state index contributed by atoms with van der Waals surface area (Å²) in [5, 5.41) is 0.982. The van der Waals surface area contributed by atoms with E-state index in [4.69, 9.17) is 9.47 Å². The number of ether oxygens (including phenoxy) is 2. The summed E-state index contributed by atoms with van der Waals surface area (Å²) in [7, 11) is 0. The molecule has 0 amide bonds. The van der Waals surface area contributed by atoms with Crippen molar-refractivity contribution in [3.8, 4) is 0 Å². The summed E-state index contributed by atoms with van der Waals surface area (Å²) >= 11 is 3.47. The number of hydrogen-bond donors (Lipinski definition) is 0. The van der Waals surface area contributed by atoms with Crippen molar-refractivity contribution >= 4 is 15.9 Å². The Morgan fingerprint density at radius 1 is 1.25 bits per heavy atom. The molecule has 0 aromatic carbocycles. The zero-order valence-corrected chi connectivity index (χ0v) is 8.81. The first kappa shape index (κ1) is 8.97. The molecule has 2 heterocycles. The molecule has 0 aromatic heterocycles. The van der Waals surface area contributed by atoms with Crippen molar-refractivity contribution in [2.75, 3.05) is 18.5 Å². The quantitative estimate of drug-likeness (QED) is 0.648. The summed E-state index contributed by atoms with van der Waals surface area (Å²) in [6, 6.07) is 0. The van der Waals surface area contributed by atoms with Crippen LogP contribution in [0.4, 0.5) is 0 Å². The van der Waals surface area contributed by atoms with E-state index in [0.29, 0.717) is 6.10 Å². The molecule has 0 bridgehead atoms. The lowest BCUT2D eigenvalue weighted by molar-refractivity contribution is -0.0974. The van der Waals surface area contributed by atoms with Gasteiger partial charge in [-0.3, -0.25) is 0 Å². The molecule has 1 unspecified atom stereocenters. The number of hydrogen-bond acceptors (Lipinski definition) is 2. The summed E-state index contributed by atoms with van der Waals surface area (Å²) < 4.78 is 11.3. The minimum atomic E-state index is 0.191. The molecule has 1 atom stereocenters. The molecule has 2 aliphatic heterocycles. The fourth-order valence-corrected chi connectivity index (χ4v) is 2.57. The molecule has 0 aromatic rings. The first-order chi connectivity index (χ1) is 5.85. The van der Waals surface area contributed by atoms with Gasteiger partial charge in [-0.25, -0.2) is 0 Å². The third-order valence-electron chi connectivity index (χ3n) is 2.91. The number of halogens is 1. The molecule has 0 aliphatic carbocycles. The Hall–Kier alpha value is 0.400. The van der Waals surface area contributed by atoms with E-state index in [1.54, 1.807) is 0 Å². The van der Waals surface area contributed by atoms with E-state index in [0.717, 1.165) is 31.4 Å². The van der Waals surface area contributed by atoms with E-state index in [2.05, 4.69) is 15.9 Å². The molecule has 0 radical (unpaired) electrons. The molecule has 12 heavy (non-hydrogen) atoms. The van der Waals surface area contributed by atoms with Gasteiger partial charge in [-0.05, 0) is 25.7 Å². The van der Waals surface area contributed by atoms with E-state index >= 15 is 0 Å². The van der Waals surface area contributed by atoms with Crippen LogP contribution >= 0.6 is 15.9 Å². The van der Waals surface area contributed by atoms with Crippen molar-refractivity contribution in [1.82, 2.24) is 0 Å². The van der Waals surface area contributed by atoms with Gasteiger partial charge >= 0.3 is 0 Å². The fourth-order valence-electron chi connectivity index (χ4n) is 2.12. The normalized spacial score (nSPS) is 34.2. The molecule has 2 aliphatic rings. The SMILES string of the molecule is BrCC1CCC2(CCOCC2)O1. The lowest BCUT2D eigenvalue weighted by Crippen LogP contribution is -2.36. The Morgan fingerprint density at radius 3 is 2.58 bits per heavy atom. The Balaban J connectivity index is 1.94. The van der Waals surface area contributed by atoms with Crippen molar-refractivity contribution in [2.24, 2.45) is 0 Å². The van der Waals surface area contributed by atoms with E-state index < -0.39 is 0 Å². The van der Waals surface area contributed by atoms with Crippen LogP contribution in [0.5, 0.6) is 0 Å². The van der Waals surface area contributed by atoms with E-state index in [1.165, 1.54) is 12.8 Å². The van der Waals surface area contributed by atoms with Gasteiger partial charge in [0, 0.05) is 18.5 Å². The highest BCUT2D eigenvalue weighted by atomic mass is 79.9. The van der Waals surface area contributed by atoms with Crippen molar-refractivity contribution in [2.45, 2.75) is 37.4 Å². The molecule has 2 saturated heterocycles. The van der Waals surface area contributed by atoms with Crippen LogP contribution in [0.25, 0.3) is 0 Å². The summed E-state index contributed by atoms with van der Waals surface area (Å²) in [4.78, 5) is 0. The van der Waals surface area contributed by atoms with Crippen LogP contribution in [0.15, 0.2) is 0 Å². The second-order valence-electron chi connectivity index (χ2n) is 3.73. The molecule has 0 N–H and O–H groups in total. The Bertz CT molecular complexity index is 155. The molecule has 0 saturated carbocycles. The standard InChI is InChI=1S/C9H15BrO2/c10-7-8-1-2-9(12-8)3-5-11-6-4-9/h8H,1-7H2. The van der Waals surface area contributed by atoms with Gasteiger partial charge < -0.3 is 9.47 Å². The molecule has 70 valence electrons. The van der Waals surface area contributed by atoms with Gasteiger partial charge in [-0.2, -0.15) is 0 Å². The van der Waals surface area contributed by atoms with Crippen molar-refractivity contribution < 1.29 is 9.47 Å². The third-order valence-corrected chi connectivity index (χ3v) is 3.64. The third kappa shape index (κ3) is 1.68. The van der Waals surface area contributed by atoms with Gasteiger partial charge in [0.2, 0.25) is 0 Å². The predicted octanol–water partition coefficient (Wildman–Crippen LogP) is 2.11. The summed E-state index contributed by atoms with van der Waals surface area (Å²) in [5.41, 5.74) is 0.191. The van der Waals surface area contributed by atoms with Crippen LogP contribution in [0.3, 0.4) is 0 Å². The topological polar surface area (TPSA) is 18.5 Å². The van der Waals surface area contributed by atoms with E-state index in [-0.39, 0.29) is 5.60 Å². The van der Waals surface area contributed by atoms with Crippen molar-refractivity contribution in [1.29, 1.82) is 0 Å². The molecular weight excluding hydrogens is 220 g/mol. The largest absolute Gasteiger partial charge is 0.381 e. The summed E-state index contributed by atoms with van der Waals surface area (Å²) in [5.74, 6) is 0. The summed E-state index contributed by atoms with van der Waals surface area (Å²) in [6.07, 6.45) is 5.08. The maximum atomic E-state index is 6.01. The lowest BCUT2D eigenvalue weighted by atomic mass is 9.91. The van der Waals surface area contributed by atoms with Crippen LogP contribution < -0.4 is 0 Å². The van der Waals surface area contributed by atoms with Gasteiger partial charge in [0.1, 0.15) is 0 Å². The van der Waals surface area contributed by atoms with Gasteiger partial charge in [-0.15, -0.1) is 0 Å². The Kier molecular flexibility index (Phi) is 2.72. The average molecular weight is 235 g/mol. The fraction of sp³-hybridized carbons (Fsp3) is 1.00. The molecule has 1 spiro atoms. The van der Waals surface area contributed by atoms with Crippen LogP contribution in [-0.4, -0.2) is 30.2 Å². The second-order valence-corrected chi connectivity index (χ2v) is 4.38. The van der Waals surface area contributed by atoms with Gasteiger partial charge in [0.05, 0.1) is 11.7 Å². The van der Waals surface area contributed by atoms with Crippen LogP contribution in [0.1, 0.15) is 25.7 Å². The maximum absolute atomic E-state index is 6.01. The lowest BCUT2D eigenvalue weighted by Gasteiger charge is -2.33. The van der Waals surface area contributed by atoms with Gasteiger partial charge in [0.25, 0.3) is 0 Å². The molecule has 3 heteroatoms. The van der Waals surface area contributed by atoms with Crippen molar-refractivity contribution in [3.05, 3.63) is 0 Å². The summed E-state index contributed by atoms with van der Waals surface area (Å²) in [6.45, 7) is 1.77. The second kappa shape index (κ2) is 3.64. The smallest absolute Gasteiger partial charge is 0.0731 e. The molecule has 2 rings (SSSR count). The minimum absolute atomic E-state index is 0.191. The Morgan fingerprint density at radius 2 is 2.00 bits per heavy atom. The van der Waals surface area contributed by atoms with Gasteiger partial charge in [0.15, 0.2) is 0 Å². The van der Waals surface area contributed by atoms with Crippen LogP contribution in [0.2, 0.25) is 0 Å². The first-order valence-electron chi connectivity index (χ1n) is 4.66. The number of rotatable bonds is 1. The van der Waals surface area contributed by atoms with E-state index in [9.17, 15) is 0 Å².